The SMILES string of the molecule is CN(c1ccccc1)C(CCN)CN1CCOCC1. The second-order valence-corrected chi connectivity index (χ2v) is 5.09. The number of likely N-dealkylation sites (N-methyl/N-ethyl adjacent to an activating group) is 1. The number of hydrogen-bond donors (Lipinski definition) is 1. The van der Waals surface area contributed by atoms with Crippen LogP contribution in [0.3, 0.4) is 0 Å². The van der Waals surface area contributed by atoms with Gasteiger partial charge in [-0.2, -0.15) is 0 Å². The van der Waals surface area contributed by atoms with Gasteiger partial charge in [0.1, 0.15) is 0 Å². The molecule has 0 spiro atoms. The molecule has 19 heavy (non-hydrogen) atoms. The minimum atomic E-state index is 0.463. The summed E-state index contributed by atoms with van der Waals surface area (Å²) >= 11 is 0. The van der Waals surface area contributed by atoms with E-state index < -0.39 is 0 Å². The standard InChI is InChI=1S/C15H25N3O/c1-17(14-5-3-2-4-6-14)15(7-8-16)13-18-9-11-19-12-10-18/h2-6,15H,7-13,16H2,1H3. The lowest BCUT2D eigenvalue weighted by Gasteiger charge is -2.36. The second-order valence-electron chi connectivity index (χ2n) is 5.09. The molecule has 1 unspecified atom stereocenters. The van der Waals surface area contributed by atoms with Gasteiger partial charge >= 0.3 is 0 Å². The number of nitrogens with two attached hydrogens (primary N) is 1. The van der Waals surface area contributed by atoms with E-state index >= 15 is 0 Å². The number of hydrogen-bond acceptors (Lipinski definition) is 4. The number of anilines is 1. The monoisotopic (exact) mass is 263 g/mol. The van der Waals surface area contributed by atoms with E-state index in [2.05, 4.69) is 47.2 Å². The van der Waals surface area contributed by atoms with Crippen molar-refractivity contribution in [3.05, 3.63) is 30.3 Å². The van der Waals surface area contributed by atoms with Crippen molar-refractivity contribution in [2.45, 2.75) is 12.5 Å². The Morgan fingerprint density at radius 3 is 2.58 bits per heavy atom. The molecule has 0 bridgehead atoms. The van der Waals surface area contributed by atoms with E-state index in [0.717, 1.165) is 45.8 Å². The average molecular weight is 263 g/mol. The maximum absolute atomic E-state index is 5.78. The fourth-order valence-electron chi connectivity index (χ4n) is 2.56. The van der Waals surface area contributed by atoms with Crippen molar-refractivity contribution in [1.29, 1.82) is 0 Å². The van der Waals surface area contributed by atoms with Crippen LogP contribution in [0.15, 0.2) is 30.3 Å². The van der Waals surface area contributed by atoms with Crippen molar-refractivity contribution in [2.75, 3.05) is 51.3 Å². The Labute approximate surface area is 116 Å². The molecule has 4 heteroatoms. The third kappa shape index (κ3) is 4.20. The summed E-state index contributed by atoms with van der Waals surface area (Å²) in [6.45, 7) is 5.56. The molecule has 0 saturated carbocycles. The fourth-order valence-corrected chi connectivity index (χ4v) is 2.56. The summed E-state index contributed by atoms with van der Waals surface area (Å²) in [7, 11) is 2.16. The van der Waals surface area contributed by atoms with Crippen LogP contribution in [0.1, 0.15) is 6.42 Å². The number of rotatable bonds is 6. The van der Waals surface area contributed by atoms with E-state index in [9.17, 15) is 0 Å². The summed E-state index contributed by atoms with van der Waals surface area (Å²) in [4.78, 5) is 4.82. The normalized spacial score (nSPS) is 18.2. The highest BCUT2D eigenvalue weighted by Gasteiger charge is 2.19. The third-order valence-electron chi connectivity index (χ3n) is 3.78. The summed E-state index contributed by atoms with van der Waals surface area (Å²) in [5.74, 6) is 0. The van der Waals surface area contributed by atoms with Crippen LogP contribution in [0.2, 0.25) is 0 Å². The first-order chi connectivity index (χ1) is 9.31. The smallest absolute Gasteiger partial charge is 0.0594 e. The van der Waals surface area contributed by atoms with Crippen molar-refractivity contribution in [2.24, 2.45) is 5.73 Å². The van der Waals surface area contributed by atoms with Crippen molar-refractivity contribution in [3.8, 4) is 0 Å². The van der Waals surface area contributed by atoms with Crippen LogP contribution < -0.4 is 10.6 Å². The van der Waals surface area contributed by atoms with E-state index in [1.54, 1.807) is 0 Å². The summed E-state index contributed by atoms with van der Waals surface area (Å²) in [6.07, 6.45) is 1.02. The van der Waals surface area contributed by atoms with E-state index in [0.29, 0.717) is 6.04 Å². The molecule has 0 amide bonds. The molecule has 1 aliphatic heterocycles. The van der Waals surface area contributed by atoms with Crippen LogP contribution in [0.5, 0.6) is 0 Å². The molecule has 0 aliphatic carbocycles. The van der Waals surface area contributed by atoms with Gasteiger partial charge in [0, 0.05) is 38.4 Å². The first-order valence-corrected chi connectivity index (χ1v) is 7.09. The Morgan fingerprint density at radius 2 is 1.95 bits per heavy atom. The molecule has 2 N–H and O–H groups in total. The molecular formula is C15H25N3O. The van der Waals surface area contributed by atoms with Crippen LogP contribution in [-0.2, 0) is 4.74 Å². The van der Waals surface area contributed by atoms with E-state index in [1.165, 1.54) is 5.69 Å². The first kappa shape index (κ1) is 14.3. The minimum Gasteiger partial charge on any atom is -0.379 e. The summed E-state index contributed by atoms with van der Waals surface area (Å²) in [5, 5.41) is 0. The summed E-state index contributed by atoms with van der Waals surface area (Å²) < 4.78 is 5.41. The lowest BCUT2D eigenvalue weighted by molar-refractivity contribution is 0.0348. The Balaban J connectivity index is 1.97. The fraction of sp³-hybridized carbons (Fsp3) is 0.600. The van der Waals surface area contributed by atoms with E-state index in [4.69, 9.17) is 10.5 Å². The second kappa shape index (κ2) is 7.48. The number of para-hydroxylation sites is 1. The Hall–Kier alpha value is -1.10. The minimum absolute atomic E-state index is 0.463. The quantitative estimate of drug-likeness (QED) is 0.836. The Kier molecular flexibility index (Phi) is 5.63. The Morgan fingerprint density at radius 1 is 1.26 bits per heavy atom. The molecule has 0 radical (unpaired) electrons. The van der Waals surface area contributed by atoms with Gasteiger partial charge in [-0.1, -0.05) is 18.2 Å². The highest BCUT2D eigenvalue weighted by atomic mass is 16.5. The van der Waals surface area contributed by atoms with Crippen LogP contribution in [0.25, 0.3) is 0 Å². The number of nitrogens with zero attached hydrogens (tertiary/aromatic N) is 2. The Bertz CT molecular complexity index is 352. The van der Waals surface area contributed by atoms with Gasteiger partial charge in [-0.15, -0.1) is 0 Å². The summed E-state index contributed by atoms with van der Waals surface area (Å²) in [5.41, 5.74) is 7.04. The molecule has 1 aromatic carbocycles. The maximum atomic E-state index is 5.78. The van der Waals surface area contributed by atoms with Crippen molar-refractivity contribution in [3.63, 3.8) is 0 Å². The van der Waals surface area contributed by atoms with Gasteiger partial charge in [0.25, 0.3) is 0 Å². The third-order valence-corrected chi connectivity index (χ3v) is 3.78. The van der Waals surface area contributed by atoms with Gasteiger partial charge in [-0.25, -0.2) is 0 Å². The first-order valence-electron chi connectivity index (χ1n) is 7.09. The molecular weight excluding hydrogens is 238 g/mol. The van der Waals surface area contributed by atoms with Gasteiger partial charge in [0.2, 0.25) is 0 Å². The van der Waals surface area contributed by atoms with Crippen LogP contribution in [-0.4, -0.2) is 57.4 Å². The van der Waals surface area contributed by atoms with Crippen molar-refractivity contribution < 1.29 is 4.74 Å². The topological polar surface area (TPSA) is 41.7 Å². The largest absolute Gasteiger partial charge is 0.379 e. The molecule has 1 heterocycles. The van der Waals surface area contributed by atoms with Gasteiger partial charge in [0.15, 0.2) is 0 Å². The summed E-state index contributed by atoms with van der Waals surface area (Å²) in [6, 6.07) is 11.0. The lowest BCUT2D eigenvalue weighted by atomic mass is 10.1. The molecule has 4 nitrogen and oxygen atoms in total. The van der Waals surface area contributed by atoms with E-state index in [1.807, 2.05) is 0 Å². The number of ether oxygens (including phenoxy) is 1. The van der Waals surface area contributed by atoms with Crippen molar-refractivity contribution in [1.82, 2.24) is 4.90 Å². The number of morpholine rings is 1. The lowest BCUT2D eigenvalue weighted by Crippen LogP contribution is -2.47. The van der Waals surface area contributed by atoms with Gasteiger partial charge in [0.05, 0.1) is 13.2 Å². The zero-order valence-electron chi connectivity index (χ0n) is 11.8. The predicted molar refractivity (Wildman–Crippen MR) is 79.6 cm³/mol. The highest BCUT2D eigenvalue weighted by Crippen LogP contribution is 2.17. The van der Waals surface area contributed by atoms with Crippen LogP contribution >= 0.6 is 0 Å². The molecule has 1 fully saturated rings. The van der Waals surface area contributed by atoms with Gasteiger partial charge in [-0.05, 0) is 25.1 Å². The average Bonchev–Trinajstić information content (AvgIpc) is 2.48. The molecule has 0 aromatic heterocycles. The van der Waals surface area contributed by atoms with Gasteiger partial charge in [-0.3, -0.25) is 4.90 Å². The van der Waals surface area contributed by atoms with Gasteiger partial charge < -0.3 is 15.4 Å². The maximum Gasteiger partial charge on any atom is 0.0594 e. The van der Waals surface area contributed by atoms with E-state index in [-0.39, 0.29) is 0 Å². The molecule has 1 aromatic rings. The zero-order chi connectivity index (χ0) is 13.5. The predicted octanol–water partition coefficient (Wildman–Crippen LogP) is 1.17. The van der Waals surface area contributed by atoms with Crippen molar-refractivity contribution >= 4 is 5.69 Å². The highest BCUT2D eigenvalue weighted by molar-refractivity contribution is 5.46. The molecule has 2 rings (SSSR count). The van der Waals surface area contributed by atoms with Crippen LogP contribution in [0.4, 0.5) is 5.69 Å². The molecule has 106 valence electrons. The van der Waals surface area contributed by atoms with Crippen LogP contribution in [0, 0.1) is 0 Å². The molecule has 1 atom stereocenters. The number of benzene rings is 1. The molecule has 1 aliphatic rings. The zero-order valence-corrected chi connectivity index (χ0v) is 11.8. The molecule has 1 saturated heterocycles.